The molecule has 4 nitrogen and oxygen atoms in total. The second kappa shape index (κ2) is 8.32. The molecule has 0 saturated heterocycles. The highest BCUT2D eigenvalue weighted by atomic mass is 16.5. The largest absolute Gasteiger partial charge is 0.383 e. The Morgan fingerprint density at radius 2 is 1.16 bits per heavy atom. The first-order valence-electron chi connectivity index (χ1n) is 10.9. The topological polar surface area (TPSA) is 52.9 Å². The van der Waals surface area contributed by atoms with E-state index in [9.17, 15) is 10.2 Å². The molecule has 2 aliphatic carbocycles. The SMILES string of the molecule is C=C1C=C(C)C=C(C(C)(C)C)C1(O)N(CCOC)C1(O)C(=C)C=C(C)C=C1C(C)(C)C. The molecule has 0 aliphatic heterocycles. The van der Waals surface area contributed by atoms with Crippen LogP contribution in [0, 0.1) is 10.8 Å². The van der Waals surface area contributed by atoms with Crippen molar-refractivity contribution in [2.45, 2.75) is 66.8 Å². The minimum atomic E-state index is -1.61. The highest BCUT2D eigenvalue weighted by Crippen LogP contribution is 2.51. The number of methoxy groups -OCH3 is 1. The van der Waals surface area contributed by atoms with Crippen molar-refractivity contribution in [3.05, 3.63) is 70.9 Å². The first-order chi connectivity index (χ1) is 14.0. The summed E-state index contributed by atoms with van der Waals surface area (Å²) in [6.45, 7) is 25.5. The average Bonchev–Trinajstić information content (AvgIpc) is 2.60. The van der Waals surface area contributed by atoms with Crippen molar-refractivity contribution >= 4 is 0 Å². The van der Waals surface area contributed by atoms with E-state index < -0.39 is 11.4 Å². The fraction of sp³-hybridized carbons (Fsp3) is 0.556. The van der Waals surface area contributed by atoms with Crippen LogP contribution in [0.5, 0.6) is 0 Å². The molecular weight excluding hydrogens is 386 g/mol. The quantitative estimate of drug-likeness (QED) is 0.586. The van der Waals surface area contributed by atoms with E-state index in [0.717, 1.165) is 22.3 Å². The van der Waals surface area contributed by atoms with Gasteiger partial charge in [0.25, 0.3) is 0 Å². The van der Waals surface area contributed by atoms with E-state index in [0.29, 0.717) is 17.8 Å². The maximum Gasteiger partial charge on any atom is 0.170 e. The van der Waals surface area contributed by atoms with Gasteiger partial charge >= 0.3 is 0 Å². The summed E-state index contributed by atoms with van der Waals surface area (Å²) >= 11 is 0. The van der Waals surface area contributed by atoms with Gasteiger partial charge in [0, 0.05) is 13.7 Å². The maximum absolute atomic E-state index is 12.4. The molecule has 2 unspecified atom stereocenters. The molecule has 0 aromatic carbocycles. The Bertz CT molecular complexity index is 818. The summed E-state index contributed by atoms with van der Waals surface area (Å²) in [5, 5.41) is 24.9. The van der Waals surface area contributed by atoms with Crippen LogP contribution in [-0.2, 0) is 4.74 Å². The van der Waals surface area contributed by atoms with Crippen molar-refractivity contribution in [1.29, 1.82) is 0 Å². The summed E-state index contributed by atoms with van der Waals surface area (Å²) in [7, 11) is 1.62. The summed E-state index contributed by atoms with van der Waals surface area (Å²) in [5.74, 6) is 0. The molecule has 2 rings (SSSR count). The van der Waals surface area contributed by atoms with E-state index in [4.69, 9.17) is 4.74 Å². The number of aliphatic hydroxyl groups is 2. The molecule has 0 aromatic rings. The minimum absolute atomic E-state index is 0.280. The van der Waals surface area contributed by atoms with E-state index >= 15 is 0 Å². The van der Waals surface area contributed by atoms with Gasteiger partial charge in [-0.25, -0.2) is 4.90 Å². The minimum Gasteiger partial charge on any atom is -0.383 e. The van der Waals surface area contributed by atoms with Gasteiger partial charge in [-0.05, 0) is 47.0 Å². The van der Waals surface area contributed by atoms with Crippen molar-refractivity contribution in [3.63, 3.8) is 0 Å². The summed E-state index contributed by atoms with van der Waals surface area (Å²) in [4.78, 5) is 1.72. The lowest BCUT2D eigenvalue weighted by molar-refractivity contribution is -0.175. The highest BCUT2D eigenvalue weighted by molar-refractivity contribution is 5.54. The normalized spacial score (nSPS) is 27.7. The fourth-order valence-corrected chi connectivity index (χ4v) is 4.69. The first kappa shape index (κ1) is 25.5. The lowest BCUT2D eigenvalue weighted by Crippen LogP contribution is -2.67. The van der Waals surface area contributed by atoms with Gasteiger partial charge in [-0.15, -0.1) is 0 Å². The molecule has 0 radical (unpaired) electrons. The van der Waals surface area contributed by atoms with Crippen LogP contribution < -0.4 is 0 Å². The Morgan fingerprint density at radius 1 is 0.806 bits per heavy atom. The van der Waals surface area contributed by atoms with Crippen molar-refractivity contribution in [2.24, 2.45) is 10.8 Å². The Hall–Kier alpha value is -1.72. The number of rotatable bonds is 5. The van der Waals surface area contributed by atoms with Crippen molar-refractivity contribution in [2.75, 3.05) is 20.3 Å². The predicted molar refractivity (Wildman–Crippen MR) is 129 cm³/mol. The van der Waals surface area contributed by atoms with E-state index in [2.05, 4.69) is 54.7 Å². The van der Waals surface area contributed by atoms with Crippen LogP contribution in [0.15, 0.2) is 70.9 Å². The Labute approximate surface area is 189 Å². The molecule has 31 heavy (non-hydrogen) atoms. The van der Waals surface area contributed by atoms with E-state index in [1.54, 1.807) is 12.0 Å². The molecular formula is C27H41NO3. The summed E-state index contributed by atoms with van der Waals surface area (Å²) in [5.41, 5.74) is 0.665. The second-order valence-corrected chi connectivity index (χ2v) is 10.9. The van der Waals surface area contributed by atoms with E-state index in [1.807, 2.05) is 38.2 Å². The zero-order chi connectivity index (χ0) is 24.0. The molecule has 0 aromatic heterocycles. The summed E-state index contributed by atoms with van der Waals surface area (Å²) in [6.07, 6.45) is 7.77. The van der Waals surface area contributed by atoms with E-state index in [1.165, 1.54) is 0 Å². The van der Waals surface area contributed by atoms with Crippen LogP contribution in [0.2, 0.25) is 0 Å². The lowest BCUT2D eigenvalue weighted by Gasteiger charge is -2.56. The monoisotopic (exact) mass is 427 g/mol. The maximum atomic E-state index is 12.4. The molecule has 2 N–H and O–H groups in total. The summed E-state index contributed by atoms with van der Waals surface area (Å²) < 4.78 is 5.41. The third-order valence-corrected chi connectivity index (χ3v) is 6.11. The van der Waals surface area contributed by atoms with Gasteiger partial charge in [0.2, 0.25) is 0 Å². The van der Waals surface area contributed by atoms with Crippen LogP contribution in [0.25, 0.3) is 0 Å². The number of nitrogens with zero attached hydrogens (tertiary/aromatic N) is 1. The molecule has 0 fully saturated rings. The fourth-order valence-electron chi connectivity index (χ4n) is 4.69. The van der Waals surface area contributed by atoms with Crippen LogP contribution in [-0.4, -0.2) is 46.8 Å². The highest BCUT2D eigenvalue weighted by Gasteiger charge is 2.57. The van der Waals surface area contributed by atoms with Crippen LogP contribution in [0.4, 0.5) is 0 Å². The third-order valence-electron chi connectivity index (χ3n) is 6.11. The molecule has 0 saturated carbocycles. The van der Waals surface area contributed by atoms with E-state index in [-0.39, 0.29) is 17.4 Å². The van der Waals surface area contributed by atoms with Crippen molar-refractivity contribution in [1.82, 2.24) is 4.90 Å². The van der Waals surface area contributed by atoms with Gasteiger partial charge in [0.05, 0.1) is 6.61 Å². The number of hydrogen-bond acceptors (Lipinski definition) is 4. The lowest BCUT2D eigenvalue weighted by atomic mass is 9.69. The van der Waals surface area contributed by atoms with Crippen LogP contribution in [0.1, 0.15) is 55.4 Å². The molecule has 0 heterocycles. The van der Waals surface area contributed by atoms with Gasteiger partial charge in [-0.1, -0.05) is 90.2 Å². The van der Waals surface area contributed by atoms with Crippen molar-refractivity contribution in [3.8, 4) is 0 Å². The predicted octanol–water partition coefficient (Wildman–Crippen LogP) is 5.29. The van der Waals surface area contributed by atoms with Gasteiger partial charge < -0.3 is 14.9 Å². The smallest absolute Gasteiger partial charge is 0.170 e. The number of hydrogen-bond donors (Lipinski definition) is 2. The van der Waals surface area contributed by atoms with Crippen LogP contribution >= 0.6 is 0 Å². The first-order valence-corrected chi connectivity index (χ1v) is 10.9. The Kier molecular flexibility index (Phi) is 6.86. The van der Waals surface area contributed by atoms with Crippen LogP contribution in [0.3, 0.4) is 0 Å². The molecule has 4 heteroatoms. The zero-order valence-corrected chi connectivity index (χ0v) is 20.9. The zero-order valence-electron chi connectivity index (χ0n) is 20.9. The summed E-state index contributed by atoms with van der Waals surface area (Å²) in [6, 6.07) is 0. The van der Waals surface area contributed by atoms with Gasteiger partial charge in [-0.2, -0.15) is 0 Å². The van der Waals surface area contributed by atoms with Gasteiger partial charge in [-0.3, -0.25) is 0 Å². The molecule has 172 valence electrons. The standard InChI is InChI=1S/C27H41NO3/c1-18-14-20(3)26(29,22(16-18)24(5,6)7)28(12-13-31-11)27(30)21(4)15-19(2)17-23(27)25(8,9)10/h14-17,29-30H,3-4,12-13H2,1-2,5-11H3. The average molecular weight is 428 g/mol. The number of allylic oxidation sites excluding steroid dienone is 4. The Morgan fingerprint density at radius 3 is 1.45 bits per heavy atom. The Balaban J connectivity index is 2.86. The molecule has 0 amide bonds. The third kappa shape index (κ3) is 4.45. The van der Waals surface area contributed by atoms with Gasteiger partial charge in [0.15, 0.2) is 11.4 Å². The number of ether oxygens (including phenoxy) is 1. The second-order valence-electron chi connectivity index (χ2n) is 10.9. The molecule has 2 aliphatic rings. The molecule has 2 atom stereocenters. The molecule has 0 bridgehead atoms. The van der Waals surface area contributed by atoms with Gasteiger partial charge in [0.1, 0.15) is 0 Å². The van der Waals surface area contributed by atoms with Crippen molar-refractivity contribution < 1.29 is 14.9 Å². The molecule has 0 spiro atoms.